The Morgan fingerprint density at radius 2 is 2.08 bits per heavy atom. The van der Waals surface area contributed by atoms with Gasteiger partial charge in [-0.1, -0.05) is 52.9 Å². The summed E-state index contributed by atoms with van der Waals surface area (Å²) in [6, 6.07) is 13.5. The zero-order chi connectivity index (χ0) is 17.6. The number of ether oxygens (including phenoxy) is 1. The Hall–Kier alpha value is -2.38. The highest BCUT2D eigenvalue weighted by molar-refractivity contribution is 8.01. The van der Waals surface area contributed by atoms with E-state index in [1.54, 1.807) is 5.51 Å². The summed E-state index contributed by atoms with van der Waals surface area (Å²) in [5.41, 5.74) is 4.59. The van der Waals surface area contributed by atoms with E-state index in [2.05, 4.69) is 15.5 Å². The lowest BCUT2D eigenvalue weighted by Gasteiger charge is -2.12. The minimum Gasteiger partial charge on any atom is -0.483 e. The molecule has 3 rings (SSSR count). The first-order valence-corrected chi connectivity index (χ1v) is 9.34. The quantitative estimate of drug-likeness (QED) is 0.699. The van der Waals surface area contributed by atoms with Crippen molar-refractivity contribution in [3.63, 3.8) is 0 Å². The maximum Gasteiger partial charge on any atom is 0.262 e. The number of carbonyl (C=O) groups is 1. The van der Waals surface area contributed by atoms with Gasteiger partial charge >= 0.3 is 0 Å². The monoisotopic (exact) mass is 371 g/mol. The number of hydrogen-bond donors (Lipinski definition) is 1. The van der Waals surface area contributed by atoms with Gasteiger partial charge in [0.1, 0.15) is 11.3 Å². The largest absolute Gasteiger partial charge is 0.483 e. The smallest absolute Gasteiger partial charge is 0.262 e. The van der Waals surface area contributed by atoms with Crippen LogP contribution in [0.1, 0.15) is 11.1 Å². The van der Waals surface area contributed by atoms with Crippen LogP contribution in [0.25, 0.3) is 0 Å². The molecule has 1 N–H and O–H groups in total. The lowest BCUT2D eigenvalue weighted by atomic mass is 10.1. The fourth-order valence-corrected chi connectivity index (χ4v) is 3.77. The van der Waals surface area contributed by atoms with Crippen LogP contribution in [0.15, 0.2) is 57.2 Å². The molecule has 0 saturated carbocycles. The van der Waals surface area contributed by atoms with Crippen LogP contribution in [0, 0.1) is 13.8 Å². The fraction of sp³-hybridized carbons (Fsp3) is 0.167. The van der Waals surface area contributed by atoms with Crippen LogP contribution in [0.5, 0.6) is 5.75 Å². The molecule has 1 aromatic heterocycles. The Morgan fingerprint density at radius 1 is 1.24 bits per heavy atom. The molecule has 128 valence electrons. The van der Waals surface area contributed by atoms with Crippen molar-refractivity contribution in [3.05, 3.63) is 59.1 Å². The Kier molecular flexibility index (Phi) is 5.67. The molecule has 3 aromatic rings. The SMILES string of the molecule is Cc1ccc(OCC(=O)Nc2ccccc2Sc2nncs2)c(C)c1. The van der Waals surface area contributed by atoms with E-state index >= 15 is 0 Å². The van der Waals surface area contributed by atoms with Crippen LogP contribution in [0.2, 0.25) is 0 Å². The van der Waals surface area contributed by atoms with Crippen LogP contribution in [0.3, 0.4) is 0 Å². The van der Waals surface area contributed by atoms with Gasteiger partial charge in [0.05, 0.1) is 5.69 Å². The second kappa shape index (κ2) is 8.13. The number of hydrogen-bond acceptors (Lipinski definition) is 6. The molecule has 0 fully saturated rings. The van der Waals surface area contributed by atoms with E-state index in [1.165, 1.54) is 23.1 Å². The van der Waals surface area contributed by atoms with Crippen LogP contribution < -0.4 is 10.1 Å². The predicted molar refractivity (Wildman–Crippen MR) is 101 cm³/mol. The van der Waals surface area contributed by atoms with Crippen LogP contribution in [-0.2, 0) is 4.79 Å². The predicted octanol–water partition coefficient (Wildman–Crippen LogP) is 4.32. The first-order valence-electron chi connectivity index (χ1n) is 7.65. The summed E-state index contributed by atoms with van der Waals surface area (Å²) in [6.07, 6.45) is 0. The van der Waals surface area contributed by atoms with Gasteiger partial charge < -0.3 is 10.1 Å². The summed E-state index contributed by atoms with van der Waals surface area (Å²) in [4.78, 5) is 13.2. The Morgan fingerprint density at radius 3 is 2.84 bits per heavy atom. The van der Waals surface area contributed by atoms with Crippen LogP contribution >= 0.6 is 23.1 Å². The first kappa shape index (κ1) is 17.4. The number of benzene rings is 2. The molecule has 0 aliphatic heterocycles. The zero-order valence-corrected chi connectivity index (χ0v) is 15.5. The fourth-order valence-electron chi connectivity index (χ4n) is 2.25. The topological polar surface area (TPSA) is 64.1 Å². The Bertz CT molecular complexity index is 867. The molecule has 0 atom stereocenters. The maximum absolute atomic E-state index is 12.2. The van der Waals surface area contributed by atoms with Crippen molar-refractivity contribution in [2.45, 2.75) is 23.1 Å². The van der Waals surface area contributed by atoms with Crippen molar-refractivity contribution >= 4 is 34.7 Å². The minimum absolute atomic E-state index is 0.0400. The molecule has 5 nitrogen and oxygen atoms in total. The molecule has 0 aliphatic carbocycles. The summed E-state index contributed by atoms with van der Waals surface area (Å²) in [5.74, 6) is 0.516. The van der Waals surface area contributed by atoms with Gasteiger partial charge in [0, 0.05) is 4.90 Å². The summed E-state index contributed by atoms with van der Waals surface area (Å²) >= 11 is 2.93. The average Bonchev–Trinajstić information content (AvgIpc) is 3.09. The molecule has 0 bridgehead atoms. The average molecular weight is 371 g/mol. The number of nitrogens with one attached hydrogen (secondary N) is 1. The summed E-state index contributed by atoms with van der Waals surface area (Å²) < 4.78 is 6.46. The normalized spacial score (nSPS) is 10.5. The van der Waals surface area contributed by atoms with E-state index in [0.717, 1.165) is 31.8 Å². The molecular formula is C18H17N3O2S2. The number of para-hydroxylation sites is 1. The highest BCUT2D eigenvalue weighted by atomic mass is 32.2. The van der Waals surface area contributed by atoms with Gasteiger partial charge in [0.25, 0.3) is 5.91 Å². The third-order valence-electron chi connectivity index (χ3n) is 3.39. The molecule has 0 aliphatic rings. The maximum atomic E-state index is 12.2. The number of aromatic nitrogens is 2. The number of anilines is 1. The van der Waals surface area contributed by atoms with Gasteiger partial charge in [-0.25, -0.2) is 0 Å². The van der Waals surface area contributed by atoms with E-state index in [4.69, 9.17) is 4.74 Å². The number of aryl methyl sites for hydroxylation is 2. The summed E-state index contributed by atoms with van der Waals surface area (Å²) in [7, 11) is 0. The van der Waals surface area contributed by atoms with Gasteiger partial charge in [-0.2, -0.15) is 0 Å². The second-order valence-corrected chi connectivity index (χ2v) is 7.53. The molecule has 0 unspecified atom stereocenters. The van der Waals surface area contributed by atoms with E-state index in [0.29, 0.717) is 0 Å². The second-order valence-electron chi connectivity index (χ2n) is 5.41. The summed E-state index contributed by atoms with van der Waals surface area (Å²) in [6.45, 7) is 3.95. The van der Waals surface area contributed by atoms with Gasteiger partial charge in [0.15, 0.2) is 10.9 Å². The molecule has 0 saturated heterocycles. The first-order chi connectivity index (χ1) is 12.1. The van der Waals surface area contributed by atoms with Crippen molar-refractivity contribution in [3.8, 4) is 5.75 Å². The Labute approximate surface area is 154 Å². The molecule has 2 aromatic carbocycles. The van der Waals surface area contributed by atoms with Crippen LogP contribution in [0.4, 0.5) is 5.69 Å². The number of rotatable bonds is 6. The van der Waals surface area contributed by atoms with E-state index < -0.39 is 0 Å². The highest BCUT2D eigenvalue weighted by Crippen LogP contribution is 2.33. The van der Waals surface area contributed by atoms with Crippen molar-refractivity contribution in [1.82, 2.24) is 10.2 Å². The number of amides is 1. The molecular weight excluding hydrogens is 354 g/mol. The van der Waals surface area contributed by atoms with Crippen molar-refractivity contribution in [2.24, 2.45) is 0 Å². The molecule has 7 heteroatoms. The van der Waals surface area contributed by atoms with E-state index in [1.807, 2.05) is 56.3 Å². The standard InChI is InChI=1S/C18H17N3O2S2/c1-12-7-8-15(13(2)9-12)23-10-17(22)20-14-5-3-4-6-16(14)25-18-21-19-11-24-18/h3-9,11H,10H2,1-2H3,(H,20,22). The Balaban J connectivity index is 1.63. The lowest BCUT2D eigenvalue weighted by Crippen LogP contribution is -2.20. The van der Waals surface area contributed by atoms with Crippen molar-refractivity contribution < 1.29 is 9.53 Å². The van der Waals surface area contributed by atoms with Crippen molar-refractivity contribution in [1.29, 1.82) is 0 Å². The van der Waals surface area contributed by atoms with Gasteiger partial charge in [0.2, 0.25) is 0 Å². The number of carbonyl (C=O) groups excluding carboxylic acids is 1. The van der Waals surface area contributed by atoms with Gasteiger partial charge in [-0.15, -0.1) is 10.2 Å². The third kappa shape index (κ3) is 4.80. The number of nitrogens with zero attached hydrogens (tertiary/aromatic N) is 2. The van der Waals surface area contributed by atoms with Crippen LogP contribution in [-0.4, -0.2) is 22.7 Å². The van der Waals surface area contributed by atoms with Gasteiger partial charge in [-0.05, 0) is 37.6 Å². The molecule has 1 amide bonds. The molecule has 1 heterocycles. The minimum atomic E-state index is -0.203. The zero-order valence-electron chi connectivity index (χ0n) is 13.9. The lowest BCUT2D eigenvalue weighted by molar-refractivity contribution is -0.118. The summed E-state index contributed by atoms with van der Waals surface area (Å²) in [5, 5.41) is 10.7. The molecule has 0 spiro atoms. The molecule has 25 heavy (non-hydrogen) atoms. The molecule has 0 radical (unpaired) electrons. The van der Waals surface area contributed by atoms with E-state index in [9.17, 15) is 4.79 Å². The van der Waals surface area contributed by atoms with E-state index in [-0.39, 0.29) is 12.5 Å². The highest BCUT2D eigenvalue weighted by Gasteiger charge is 2.10. The van der Waals surface area contributed by atoms with Gasteiger partial charge in [-0.3, -0.25) is 4.79 Å². The third-order valence-corrected chi connectivity index (χ3v) is 5.24. The van der Waals surface area contributed by atoms with Crippen molar-refractivity contribution in [2.75, 3.05) is 11.9 Å².